The molecule has 12 heteroatoms. The molecule has 3 aromatic carbocycles. The van der Waals surface area contributed by atoms with Crippen LogP contribution in [0.4, 0.5) is 36.8 Å². The van der Waals surface area contributed by atoms with E-state index in [0.717, 1.165) is 12.1 Å². The van der Waals surface area contributed by atoms with Crippen LogP contribution < -0.4 is 5.32 Å². The van der Waals surface area contributed by atoms with Crippen molar-refractivity contribution in [1.82, 2.24) is 0 Å². The predicted octanol–water partition coefficient (Wildman–Crippen LogP) is 9.27. The SMILES string of the molecule is CC(C)(C)OC(=O)Nc1cccc2cc(C3=NSC(c4cc(Br)cc(C(F)(F)F)c4)(C(F)(F)F)C3)ccc12. The van der Waals surface area contributed by atoms with Gasteiger partial charge in [0, 0.05) is 16.3 Å². The van der Waals surface area contributed by atoms with Crippen LogP contribution in [0.1, 0.15) is 43.9 Å². The Kier molecular flexibility index (Phi) is 7.28. The van der Waals surface area contributed by atoms with Crippen LogP contribution in [0.5, 0.6) is 0 Å². The summed E-state index contributed by atoms with van der Waals surface area (Å²) < 4.78 is 90.0. The number of amides is 1. The Balaban J connectivity index is 1.68. The molecule has 1 aliphatic rings. The highest BCUT2D eigenvalue weighted by Crippen LogP contribution is 2.57. The van der Waals surface area contributed by atoms with E-state index in [2.05, 4.69) is 25.6 Å². The van der Waals surface area contributed by atoms with E-state index in [1.54, 1.807) is 57.2 Å². The number of rotatable bonds is 3. The highest BCUT2D eigenvalue weighted by molar-refractivity contribution is 9.10. The van der Waals surface area contributed by atoms with Crippen molar-refractivity contribution in [3.63, 3.8) is 0 Å². The largest absolute Gasteiger partial charge is 0.444 e. The standard InChI is InChI=1S/C26H21BrF6N2O2S/c1-23(2,3)37-22(36)34-20-6-4-5-14-9-15(7-8-19(14)20)21-13-24(38-35-21,26(31,32)33)16-10-17(25(28,29)30)12-18(27)11-16/h4-12H,13H2,1-3H3,(H,34,36). The number of alkyl halides is 6. The molecule has 1 atom stereocenters. The van der Waals surface area contributed by atoms with Gasteiger partial charge in [0.15, 0.2) is 4.75 Å². The Hall–Kier alpha value is -2.73. The number of hydrogen-bond donors (Lipinski definition) is 1. The molecule has 1 N–H and O–H groups in total. The van der Waals surface area contributed by atoms with Crippen LogP contribution in [0.25, 0.3) is 10.8 Å². The van der Waals surface area contributed by atoms with Crippen molar-refractivity contribution < 1.29 is 35.9 Å². The van der Waals surface area contributed by atoms with E-state index in [-0.39, 0.29) is 22.1 Å². The minimum Gasteiger partial charge on any atom is -0.444 e. The van der Waals surface area contributed by atoms with Crippen molar-refractivity contribution >= 4 is 56.1 Å². The summed E-state index contributed by atoms with van der Waals surface area (Å²) in [7, 11) is 0. The molecule has 3 aromatic rings. The van der Waals surface area contributed by atoms with Crippen LogP contribution in [0.2, 0.25) is 0 Å². The molecule has 4 nitrogen and oxygen atoms in total. The molecule has 1 aliphatic heterocycles. The van der Waals surface area contributed by atoms with Gasteiger partial charge in [0.2, 0.25) is 0 Å². The zero-order valence-electron chi connectivity index (χ0n) is 20.2. The third kappa shape index (κ3) is 5.80. The average molecular weight is 619 g/mol. The molecule has 0 radical (unpaired) electrons. The van der Waals surface area contributed by atoms with Crippen molar-refractivity contribution in [2.45, 2.75) is 49.9 Å². The smallest absolute Gasteiger partial charge is 0.416 e. The van der Waals surface area contributed by atoms with Gasteiger partial charge < -0.3 is 4.74 Å². The molecular formula is C26H21BrF6N2O2S. The molecule has 4 rings (SSSR count). The normalized spacial score (nSPS) is 18.4. The number of nitrogens with one attached hydrogen (secondary N) is 1. The van der Waals surface area contributed by atoms with Gasteiger partial charge in [0.05, 0.1) is 17.0 Å². The second-order valence-corrected chi connectivity index (χ2v) is 11.7. The monoisotopic (exact) mass is 618 g/mol. The van der Waals surface area contributed by atoms with Gasteiger partial charge in [-0.15, -0.1) is 0 Å². The number of hydrogen-bond acceptors (Lipinski definition) is 4. The van der Waals surface area contributed by atoms with Gasteiger partial charge in [-0.25, -0.2) is 9.19 Å². The lowest BCUT2D eigenvalue weighted by Crippen LogP contribution is -2.39. The van der Waals surface area contributed by atoms with E-state index in [0.29, 0.717) is 28.1 Å². The third-order valence-corrected chi connectivity index (χ3v) is 7.42. The summed E-state index contributed by atoms with van der Waals surface area (Å²) in [5, 5.41) is 3.91. The summed E-state index contributed by atoms with van der Waals surface area (Å²) in [6, 6.07) is 12.2. The molecular weight excluding hydrogens is 598 g/mol. The van der Waals surface area contributed by atoms with Gasteiger partial charge in [-0.2, -0.15) is 26.3 Å². The number of carbonyl (C=O) groups excluding carboxylic acids is 1. The van der Waals surface area contributed by atoms with Gasteiger partial charge in [-0.05, 0) is 79.6 Å². The lowest BCUT2D eigenvalue weighted by atomic mass is 9.88. The maximum absolute atomic E-state index is 14.5. The second-order valence-electron chi connectivity index (χ2n) is 9.73. The van der Waals surface area contributed by atoms with Crippen molar-refractivity contribution in [1.29, 1.82) is 0 Å². The second kappa shape index (κ2) is 9.78. The number of fused-ring (bicyclic) bond motifs is 1. The Morgan fingerprint density at radius 2 is 1.74 bits per heavy atom. The summed E-state index contributed by atoms with van der Waals surface area (Å²) in [4.78, 5) is 12.2. The van der Waals surface area contributed by atoms with Gasteiger partial charge in [0.1, 0.15) is 5.60 Å². The first-order chi connectivity index (χ1) is 17.5. The molecule has 1 unspecified atom stereocenters. The van der Waals surface area contributed by atoms with Crippen molar-refractivity contribution in [2.24, 2.45) is 4.40 Å². The fourth-order valence-corrected chi connectivity index (χ4v) is 5.49. The molecule has 1 heterocycles. The molecule has 0 bridgehead atoms. The highest BCUT2D eigenvalue weighted by atomic mass is 79.9. The lowest BCUT2D eigenvalue weighted by molar-refractivity contribution is -0.160. The first-order valence-corrected chi connectivity index (χ1v) is 12.8. The zero-order valence-corrected chi connectivity index (χ0v) is 22.6. The number of carbonyl (C=O) groups is 1. The zero-order chi connectivity index (χ0) is 28.1. The van der Waals surface area contributed by atoms with Crippen molar-refractivity contribution in [2.75, 3.05) is 5.32 Å². The van der Waals surface area contributed by atoms with Crippen LogP contribution in [0, 0.1) is 0 Å². The number of nitrogens with zero attached hydrogens (tertiary/aromatic N) is 1. The van der Waals surface area contributed by atoms with Gasteiger partial charge in [0.25, 0.3) is 0 Å². The van der Waals surface area contributed by atoms with Gasteiger partial charge in [-0.3, -0.25) is 5.32 Å². The molecule has 0 aromatic heterocycles. The van der Waals surface area contributed by atoms with Crippen molar-refractivity contribution in [3.05, 3.63) is 75.8 Å². The molecule has 202 valence electrons. The predicted molar refractivity (Wildman–Crippen MR) is 139 cm³/mol. The Labute approximate surface area is 227 Å². The number of ether oxygens (including phenoxy) is 1. The number of anilines is 1. The number of benzene rings is 3. The molecule has 0 spiro atoms. The third-order valence-electron chi connectivity index (χ3n) is 5.73. The maximum atomic E-state index is 14.5. The molecule has 38 heavy (non-hydrogen) atoms. The molecule has 0 aliphatic carbocycles. The van der Waals surface area contributed by atoms with Gasteiger partial charge in [-0.1, -0.05) is 40.2 Å². The van der Waals surface area contributed by atoms with E-state index >= 15 is 0 Å². The molecule has 1 amide bonds. The summed E-state index contributed by atoms with van der Waals surface area (Å²) in [6.07, 6.45) is -11.0. The Morgan fingerprint density at radius 3 is 2.37 bits per heavy atom. The average Bonchev–Trinajstić information content (AvgIpc) is 3.24. The fraction of sp³-hybridized carbons (Fsp3) is 0.308. The first-order valence-electron chi connectivity index (χ1n) is 11.2. The van der Waals surface area contributed by atoms with E-state index in [9.17, 15) is 31.1 Å². The number of halogens is 7. The van der Waals surface area contributed by atoms with E-state index in [4.69, 9.17) is 4.74 Å². The van der Waals surface area contributed by atoms with E-state index < -0.39 is 46.3 Å². The minimum absolute atomic E-state index is 0.0910. The Bertz CT molecular complexity index is 1430. The minimum atomic E-state index is -4.89. The van der Waals surface area contributed by atoms with E-state index in [1.807, 2.05) is 0 Å². The maximum Gasteiger partial charge on any atom is 0.416 e. The highest BCUT2D eigenvalue weighted by Gasteiger charge is 2.60. The fourth-order valence-electron chi connectivity index (χ4n) is 4.03. The summed E-state index contributed by atoms with van der Waals surface area (Å²) in [6.45, 7) is 5.17. The Morgan fingerprint density at radius 1 is 1.03 bits per heavy atom. The lowest BCUT2D eigenvalue weighted by Gasteiger charge is -2.31. The molecule has 0 saturated carbocycles. The topological polar surface area (TPSA) is 50.7 Å². The van der Waals surface area contributed by atoms with Crippen LogP contribution in [0.15, 0.2) is 63.5 Å². The quantitative estimate of drug-likeness (QED) is 0.235. The van der Waals surface area contributed by atoms with Crippen molar-refractivity contribution in [3.8, 4) is 0 Å². The van der Waals surface area contributed by atoms with Crippen LogP contribution in [-0.4, -0.2) is 23.6 Å². The molecule has 0 fully saturated rings. The molecule has 0 saturated heterocycles. The van der Waals surface area contributed by atoms with E-state index in [1.165, 1.54) is 0 Å². The summed E-state index contributed by atoms with van der Waals surface area (Å²) >= 11 is 3.12. The summed E-state index contributed by atoms with van der Waals surface area (Å²) in [5.74, 6) is 0. The van der Waals surface area contributed by atoms with Crippen LogP contribution in [-0.2, 0) is 15.7 Å². The summed E-state index contributed by atoms with van der Waals surface area (Å²) in [5.41, 5.74) is -1.51. The van der Waals surface area contributed by atoms with Gasteiger partial charge >= 0.3 is 18.4 Å². The van der Waals surface area contributed by atoms with Crippen LogP contribution >= 0.6 is 27.9 Å². The first kappa shape index (κ1) is 28.3. The van der Waals surface area contributed by atoms with Crippen LogP contribution in [0.3, 0.4) is 0 Å².